The van der Waals surface area contributed by atoms with E-state index in [0.29, 0.717) is 5.75 Å². The fourth-order valence-corrected chi connectivity index (χ4v) is 1.90. The molecule has 0 aliphatic carbocycles. The van der Waals surface area contributed by atoms with Crippen molar-refractivity contribution in [2.45, 2.75) is 19.3 Å². The molecule has 2 aromatic rings. The average molecular weight is 297 g/mol. The minimum Gasteiger partial charge on any atom is -0.508 e. The summed E-state index contributed by atoms with van der Waals surface area (Å²) in [6.45, 7) is 4.38. The summed E-state index contributed by atoms with van der Waals surface area (Å²) in [6, 6.07) is 17.8. The van der Waals surface area contributed by atoms with E-state index in [1.165, 1.54) is 11.1 Å². The van der Waals surface area contributed by atoms with Gasteiger partial charge in [0.2, 0.25) is 0 Å². The standard InChI is InChI=1S/C15H16O.CH2Cl2/c1-15(2,12-6-4-3-5-7-12)13-8-10-14(16)11-9-13;2-1-3/h3-11,16H,1-2H3;1H2. The molecule has 0 aliphatic rings. The predicted octanol–water partition coefficient (Wildman–Crippen LogP) is 5.14. The SMILES string of the molecule is CC(C)(c1ccccc1)c1ccc(O)cc1.ClCCl. The zero-order valence-electron chi connectivity index (χ0n) is 11.1. The van der Waals surface area contributed by atoms with E-state index in [1.807, 2.05) is 18.2 Å². The van der Waals surface area contributed by atoms with Gasteiger partial charge in [-0.15, -0.1) is 23.2 Å². The highest BCUT2D eigenvalue weighted by Gasteiger charge is 2.22. The Hall–Kier alpha value is -1.18. The minimum atomic E-state index is -0.0328. The molecular weight excluding hydrogens is 279 g/mol. The molecular formula is C16H18Cl2O. The van der Waals surface area contributed by atoms with E-state index >= 15 is 0 Å². The van der Waals surface area contributed by atoms with Gasteiger partial charge in [0.15, 0.2) is 0 Å². The van der Waals surface area contributed by atoms with Gasteiger partial charge in [-0.05, 0) is 23.3 Å². The summed E-state index contributed by atoms with van der Waals surface area (Å²) in [7, 11) is 0. The Labute approximate surface area is 124 Å². The van der Waals surface area contributed by atoms with Crippen molar-refractivity contribution in [3.05, 3.63) is 65.7 Å². The minimum absolute atomic E-state index is 0.0328. The van der Waals surface area contributed by atoms with Crippen molar-refractivity contribution >= 4 is 23.2 Å². The second-order valence-electron chi connectivity index (χ2n) is 4.64. The van der Waals surface area contributed by atoms with Gasteiger partial charge in [0.1, 0.15) is 5.75 Å². The fraction of sp³-hybridized carbons (Fsp3) is 0.250. The molecule has 3 heteroatoms. The molecule has 102 valence electrons. The van der Waals surface area contributed by atoms with Crippen molar-refractivity contribution in [3.8, 4) is 5.75 Å². The molecule has 0 heterocycles. The lowest BCUT2D eigenvalue weighted by atomic mass is 9.78. The Morgan fingerprint density at radius 3 is 1.74 bits per heavy atom. The van der Waals surface area contributed by atoms with Crippen molar-refractivity contribution in [1.82, 2.24) is 0 Å². The predicted molar refractivity (Wildman–Crippen MR) is 83.2 cm³/mol. The molecule has 19 heavy (non-hydrogen) atoms. The van der Waals surface area contributed by atoms with Gasteiger partial charge in [0.25, 0.3) is 0 Å². The van der Waals surface area contributed by atoms with Crippen molar-refractivity contribution in [2.75, 3.05) is 5.34 Å². The third kappa shape index (κ3) is 4.45. The zero-order chi connectivity index (χ0) is 14.3. The monoisotopic (exact) mass is 296 g/mol. The van der Waals surface area contributed by atoms with Crippen LogP contribution in [0, 0.1) is 0 Å². The van der Waals surface area contributed by atoms with Gasteiger partial charge in [-0.3, -0.25) is 0 Å². The summed E-state index contributed by atoms with van der Waals surface area (Å²) in [5, 5.41) is 9.49. The second-order valence-corrected chi connectivity index (χ2v) is 5.45. The smallest absolute Gasteiger partial charge is 0.115 e. The molecule has 1 nitrogen and oxygen atoms in total. The normalized spacial score (nSPS) is 10.5. The van der Waals surface area contributed by atoms with E-state index in [2.05, 4.69) is 38.1 Å². The lowest BCUT2D eigenvalue weighted by Crippen LogP contribution is -2.18. The van der Waals surface area contributed by atoms with Gasteiger partial charge >= 0.3 is 0 Å². The number of phenols is 1. The number of phenolic OH excluding ortho intramolecular Hbond substituents is 1. The molecule has 0 fully saturated rings. The Balaban J connectivity index is 0.000000550. The van der Waals surface area contributed by atoms with E-state index in [9.17, 15) is 5.11 Å². The molecule has 0 saturated carbocycles. The van der Waals surface area contributed by atoms with E-state index < -0.39 is 0 Å². The van der Waals surface area contributed by atoms with Crippen molar-refractivity contribution in [1.29, 1.82) is 0 Å². The first-order chi connectivity index (χ1) is 9.02. The number of alkyl halides is 2. The Bertz CT molecular complexity index is 478. The molecule has 0 spiro atoms. The number of hydrogen-bond donors (Lipinski definition) is 1. The number of halogens is 2. The highest BCUT2D eigenvalue weighted by atomic mass is 35.5. The van der Waals surface area contributed by atoms with Gasteiger partial charge in [-0.1, -0.05) is 56.3 Å². The lowest BCUT2D eigenvalue weighted by molar-refractivity contribution is 0.474. The quantitative estimate of drug-likeness (QED) is 0.761. The largest absolute Gasteiger partial charge is 0.508 e. The third-order valence-corrected chi connectivity index (χ3v) is 3.08. The molecule has 0 aromatic heterocycles. The Kier molecular flexibility index (Phi) is 6.20. The van der Waals surface area contributed by atoms with E-state index in [-0.39, 0.29) is 10.8 Å². The molecule has 1 N–H and O–H groups in total. The maximum Gasteiger partial charge on any atom is 0.115 e. The lowest BCUT2D eigenvalue weighted by Gasteiger charge is -2.26. The molecule has 0 radical (unpaired) electrons. The second kappa shape index (κ2) is 7.42. The van der Waals surface area contributed by atoms with Crippen LogP contribution < -0.4 is 0 Å². The first kappa shape index (κ1) is 15.9. The topological polar surface area (TPSA) is 20.2 Å². The summed E-state index contributed by atoms with van der Waals surface area (Å²) in [5.41, 5.74) is 2.45. The molecule has 0 unspecified atom stereocenters. The van der Waals surface area contributed by atoms with E-state index in [4.69, 9.17) is 23.2 Å². The Morgan fingerprint density at radius 2 is 1.26 bits per heavy atom. The molecule has 0 amide bonds. The van der Waals surface area contributed by atoms with Crippen LogP contribution in [0.25, 0.3) is 0 Å². The molecule has 2 aromatic carbocycles. The molecule has 0 bridgehead atoms. The van der Waals surface area contributed by atoms with Gasteiger partial charge < -0.3 is 5.11 Å². The number of benzene rings is 2. The molecule has 2 rings (SSSR count). The van der Waals surface area contributed by atoms with Crippen LogP contribution in [0.3, 0.4) is 0 Å². The van der Waals surface area contributed by atoms with Crippen LogP contribution in [-0.2, 0) is 5.41 Å². The van der Waals surface area contributed by atoms with Gasteiger partial charge in [-0.2, -0.15) is 0 Å². The maximum absolute atomic E-state index is 9.29. The summed E-state index contributed by atoms with van der Waals surface area (Å²) in [6.07, 6.45) is 0. The van der Waals surface area contributed by atoms with Crippen LogP contribution in [0.5, 0.6) is 5.75 Å². The molecule has 0 atom stereocenters. The number of aromatic hydroxyl groups is 1. The van der Waals surface area contributed by atoms with E-state index in [0.717, 1.165) is 0 Å². The van der Waals surface area contributed by atoms with Gasteiger partial charge in [-0.25, -0.2) is 0 Å². The summed E-state index contributed by atoms with van der Waals surface area (Å²) in [5.74, 6) is 0.313. The van der Waals surface area contributed by atoms with Crippen molar-refractivity contribution in [2.24, 2.45) is 0 Å². The van der Waals surface area contributed by atoms with Gasteiger partial charge in [0.05, 0.1) is 5.34 Å². The van der Waals surface area contributed by atoms with Crippen LogP contribution in [0.2, 0.25) is 0 Å². The first-order valence-electron chi connectivity index (χ1n) is 5.99. The maximum atomic E-state index is 9.29. The van der Waals surface area contributed by atoms with E-state index in [1.54, 1.807) is 12.1 Å². The Morgan fingerprint density at radius 1 is 0.842 bits per heavy atom. The van der Waals surface area contributed by atoms with Crippen LogP contribution in [0.15, 0.2) is 54.6 Å². The van der Waals surface area contributed by atoms with Crippen molar-refractivity contribution in [3.63, 3.8) is 0 Å². The fourth-order valence-electron chi connectivity index (χ4n) is 1.90. The zero-order valence-corrected chi connectivity index (χ0v) is 12.6. The van der Waals surface area contributed by atoms with Gasteiger partial charge in [0, 0.05) is 5.41 Å². The first-order valence-corrected chi connectivity index (χ1v) is 7.06. The average Bonchev–Trinajstić information content (AvgIpc) is 2.41. The van der Waals surface area contributed by atoms with Crippen molar-refractivity contribution < 1.29 is 5.11 Å². The summed E-state index contributed by atoms with van der Waals surface area (Å²) < 4.78 is 0. The van der Waals surface area contributed by atoms with Crippen LogP contribution in [-0.4, -0.2) is 10.4 Å². The van der Waals surface area contributed by atoms with Crippen LogP contribution >= 0.6 is 23.2 Å². The number of rotatable bonds is 2. The highest BCUT2D eigenvalue weighted by Crippen LogP contribution is 2.31. The summed E-state index contributed by atoms with van der Waals surface area (Å²) >= 11 is 9.53. The summed E-state index contributed by atoms with van der Waals surface area (Å²) in [4.78, 5) is 0. The molecule has 0 saturated heterocycles. The van der Waals surface area contributed by atoms with Crippen LogP contribution in [0.4, 0.5) is 0 Å². The van der Waals surface area contributed by atoms with Crippen LogP contribution in [0.1, 0.15) is 25.0 Å². The number of hydrogen-bond acceptors (Lipinski definition) is 1. The third-order valence-electron chi connectivity index (χ3n) is 3.08. The molecule has 0 aliphatic heterocycles. The highest BCUT2D eigenvalue weighted by molar-refractivity contribution is 6.40.